The highest BCUT2D eigenvalue weighted by Gasteiger charge is 2.21. The van der Waals surface area contributed by atoms with Crippen LogP contribution in [0.15, 0.2) is 24.3 Å². The molecular formula is C10H11F2N5. The SMILES string of the molecule is NCC(c1cccc(-c2nn[nH]n2)c1)C(F)F. The number of tetrazole rings is 1. The van der Waals surface area contributed by atoms with Crippen molar-refractivity contribution >= 4 is 0 Å². The molecular weight excluding hydrogens is 228 g/mol. The number of aromatic amines is 1. The molecule has 1 unspecified atom stereocenters. The van der Waals surface area contributed by atoms with Gasteiger partial charge in [0, 0.05) is 12.1 Å². The zero-order chi connectivity index (χ0) is 12.3. The van der Waals surface area contributed by atoms with Crippen LogP contribution in [0, 0.1) is 0 Å². The van der Waals surface area contributed by atoms with Gasteiger partial charge in [-0.15, -0.1) is 10.2 Å². The maximum Gasteiger partial charge on any atom is 0.246 e. The molecule has 3 N–H and O–H groups in total. The number of nitrogens with two attached hydrogens (primary N) is 1. The Morgan fingerprint density at radius 3 is 2.76 bits per heavy atom. The van der Waals surface area contributed by atoms with E-state index in [1.54, 1.807) is 24.3 Å². The highest BCUT2D eigenvalue weighted by Crippen LogP contribution is 2.25. The van der Waals surface area contributed by atoms with Crippen molar-refractivity contribution < 1.29 is 8.78 Å². The van der Waals surface area contributed by atoms with Gasteiger partial charge in [-0.1, -0.05) is 18.2 Å². The Morgan fingerprint density at radius 1 is 1.35 bits per heavy atom. The summed E-state index contributed by atoms with van der Waals surface area (Å²) in [5.74, 6) is -0.598. The number of hydrogen-bond acceptors (Lipinski definition) is 4. The number of nitrogens with zero attached hydrogens (tertiary/aromatic N) is 3. The van der Waals surface area contributed by atoms with Gasteiger partial charge in [-0.3, -0.25) is 0 Å². The summed E-state index contributed by atoms with van der Waals surface area (Å²) in [5, 5.41) is 13.3. The minimum Gasteiger partial charge on any atom is -0.330 e. The van der Waals surface area contributed by atoms with Crippen LogP contribution in [-0.4, -0.2) is 33.6 Å². The van der Waals surface area contributed by atoms with Crippen LogP contribution in [0.3, 0.4) is 0 Å². The molecule has 0 fully saturated rings. The fourth-order valence-corrected chi connectivity index (χ4v) is 1.58. The third-order valence-electron chi connectivity index (χ3n) is 2.48. The number of nitrogens with one attached hydrogen (secondary N) is 1. The number of H-pyrrole nitrogens is 1. The van der Waals surface area contributed by atoms with E-state index < -0.39 is 12.3 Å². The van der Waals surface area contributed by atoms with Crippen LogP contribution in [0.1, 0.15) is 11.5 Å². The molecule has 17 heavy (non-hydrogen) atoms. The third-order valence-corrected chi connectivity index (χ3v) is 2.48. The van der Waals surface area contributed by atoms with Gasteiger partial charge in [0.15, 0.2) is 0 Å². The van der Waals surface area contributed by atoms with Gasteiger partial charge in [0.25, 0.3) is 0 Å². The number of aromatic nitrogens is 4. The smallest absolute Gasteiger partial charge is 0.246 e. The van der Waals surface area contributed by atoms with Crippen LogP contribution >= 0.6 is 0 Å². The van der Waals surface area contributed by atoms with Crippen LogP contribution in [0.25, 0.3) is 11.4 Å². The van der Waals surface area contributed by atoms with Crippen LogP contribution in [0.2, 0.25) is 0 Å². The van der Waals surface area contributed by atoms with E-state index in [0.29, 0.717) is 17.0 Å². The molecule has 2 aromatic rings. The van der Waals surface area contributed by atoms with Crippen molar-refractivity contribution in [2.24, 2.45) is 5.73 Å². The van der Waals surface area contributed by atoms with Crippen molar-refractivity contribution in [2.75, 3.05) is 6.54 Å². The fourth-order valence-electron chi connectivity index (χ4n) is 1.58. The predicted octanol–water partition coefficient (Wildman–Crippen LogP) is 1.17. The first kappa shape index (κ1) is 11.6. The number of rotatable bonds is 4. The second-order valence-corrected chi connectivity index (χ2v) is 3.54. The summed E-state index contributed by atoms with van der Waals surface area (Å²) in [6.45, 7) is -0.104. The molecule has 1 heterocycles. The first-order valence-electron chi connectivity index (χ1n) is 5.04. The molecule has 1 aromatic carbocycles. The van der Waals surface area contributed by atoms with Gasteiger partial charge in [0.1, 0.15) is 0 Å². The summed E-state index contributed by atoms with van der Waals surface area (Å²) in [5.41, 5.74) is 6.46. The molecule has 7 heteroatoms. The molecule has 1 aromatic heterocycles. The molecule has 5 nitrogen and oxygen atoms in total. The van der Waals surface area contributed by atoms with E-state index in [1.807, 2.05) is 0 Å². The van der Waals surface area contributed by atoms with Crippen LogP contribution in [0.5, 0.6) is 0 Å². The first-order chi connectivity index (χ1) is 8.22. The Balaban J connectivity index is 2.34. The summed E-state index contributed by atoms with van der Waals surface area (Å²) in [7, 11) is 0. The maximum absolute atomic E-state index is 12.7. The summed E-state index contributed by atoms with van der Waals surface area (Å²) in [6, 6.07) is 6.63. The van der Waals surface area contributed by atoms with E-state index in [1.165, 1.54) is 0 Å². The van der Waals surface area contributed by atoms with Gasteiger partial charge in [-0.25, -0.2) is 8.78 Å². The van der Waals surface area contributed by atoms with Crippen molar-refractivity contribution in [3.05, 3.63) is 29.8 Å². The monoisotopic (exact) mass is 239 g/mol. The molecule has 0 amide bonds. The lowest BCUT2D eigenvalue weighted by molar-refractivity contribution is 0.117. The molecule has 0 bridgehead atoms. The van der Waals surface area contributed by atoms with Crippen LogP contribution in [-0.2, 0) is 0 Å². The average Bonchev–Trinajstić information content (AvgIpc) is 2.83. The Labute approximate surface area is 96.0 Å². The minimum absolute atomic E-state index is 0.104. The van der Waals surface area contributed by atoms with E-state index in [4.69, 9.17) is 5.73 Å². The average molecular weight is 239 g/mol. The summed E-state index contributed by atoms with van der Waals surface area (Å²) >= 11 is 0. The van der Waals surface area contributed by atoms with Crippen LogP contribution in [0.4, 0.5) is 8.78 Å². The van der Waals surface area contributed by atoms with E-state index in [9.17, 15) is 8.78 Å². The van der Waals surface area contributed by atoms with Crippen molar-refractivity contribution in [1.29, 1.82) is 0 Å². The highest BCUT2D eigenvalue weighted by atomic mass is 19.3. The second kappa shape index (κ2) is 4.96. The Kier molecular flexibility index (Phi) is 3.38. The molecule has 90 valence electrons. The van der Waals surface area contributed by atoms with Crippen molar-refractivity contribution in [3.8, 4) is 11.4 Å². The van der Waals surface area contributed by atoms with Gasteiger partial charge in [-0.05, 0) is 16.8 Å². The Hall–Kier alpha value is -1.89. The third kappa shape index (κ3) is 2.44. The molecule has 0 aliphatic carbocycles. The fraction of sp³-hybridized carbons (Fsp3) is 0.300. The van der Waals surface area contributed by atoms with Gasteiger partial charge < -0.3 is 5.73 Å². The molecule has 0 spiro atoms. The van der Waals surface area contributed by atoms with Crippen molar-refractivity contribution in [2.45, 2.75) is 12.3 Å². The molecule has 1 atom stereocenters. The minimum atomic E-state index is -2.49. The zero-order valence-electron chi connectivity index (χ0n) is 8.85. The zero-order valence-corrected chi connectivity index (χ0v) is 8.85. The highest BCUT2D eigenvalue weighted by molar-refractivity contribution is 5.55. The predicted molar refractivity (Wildman–Crippen MR) is 57.4 cm³/mol. The van der Waals surface area contributed by atoms with Crippen molar-refractivity contribution in [1.82, 2.24) is 20.6 Å². The van der Waals surface area contributed by atoms with E-state index in [-0.39, 0.29) is 6.54 Å². The molecule has 0 saturated carbocycles. The summed E-state index contributed by atoms with van der Waals surface area (Å²) in [6.07, 6.45) is -2.49. The molecule has 0 radical (unpaired) electrons. The lowest BCUT2D eigenvalue weighted by Gasteiger charge is -2.14. The summed E-state index contributed by atoms with van der Waals surface area (Å²) in [4.78, 5) is 0. The molecule has 0 aliphatic heterocycles. The Morgan fingerprint density at radius 2 is 2.18 bits per heavy atom. The lowest BCUT2D eigenvalue weighted by Crippen LogP contribution is -2.19. The lowest BCUT2D eigenvalue weighted by atomic mass is 9.97. The number of benzene rings is 1. The maximum atomic E-state index is 12.7. The Bertz CT molecular complexity index is 471. The van der Waals surface area contributed by atoms with E-state index in [2.05, 4.69) is 20.6 Å². The van der Waals surface area contributed by atoms with Gasteiger partial charge in [0.2, 0.25) is 12.2 Å². The topological polar surface area (TPSA) is 80.5 Å². The molecule has 0 aliphatic rings. The first-order valence-corrected chi connectivity index (χ1v) is 5.04. The van der Waals surface area contributed by atoms with Gasteiger partial charge >= 0.3 is 0 Å². The quantitative estimate of drug-likeness (QED) is 0.839. The number of halogens is 2. The molecule has 0 saturated heterocycles. The second-order valence-electron chi connectivity index (χ2n) is 3.54. The van der Waals surface area contributed by atoms with E-state index in [0.717, 1.165) is 0 Å². The van der Waals surface area contributed by atoms with Crippen LogP contribution < -0.4 is 5.73 Å². The standard InChI is InChI=1S/C10H11F2N5/c11-9(12)8(5-13)6-2-1-3-7(4-6)10-14-16-17-15-10/h1-4,8-9H,5,13H2,(H,14,15,16,17). The van der Waals surface area contributed by atoms with Gasteiger partial charge in [0.05, 0.1) is 5.92 Å². The summed E-state index contributed by atoms with van der Waals surface area (Å²) < 4.78 is 25.5. The molecule has 2 rings (SSSR count). The van der Waals surface area contributed by atoms with Gasteiger partial charge in [-0.2, -0.15) is 5.21 Å². The largest absolute Gasteiger partial charge is 0.330 e. The normalized spacial score (nSPS) is 12.9. The number of hydrogen-bond donors (Lipinski definition) is 2. The van der Waals surface area contributed by atoms with Crippen molar-refractivity contribution in [3.63, 3.8) is 0 Å². The van der Waals surface area contributed by atoms with E-state index >= 15 is 0 Å². The number of alkyl halides is 2.